The normalized spacial score (nSPS) is 9.44. The van der Waals surface area contributed by atoms with Gasteiger partial charge < -0.3 is 5.41 Å². The Kier molecular flexibility index (Phi) is 3.55. The Morgan fingerprint density at radius 1 is 1.22 bits per heavy atom. The summed E-state index contributed by atoms with van der Waals surface area (Å²) in [6.45, 7) is 0. The summed E-state index contributed by atoms with van der Waals surface area (Å²) < 4.78 is 0. The van der Waals surface area contributed by atoms with Gasteiger partial charge in [0.1, 0.15) is 0 Å². The smallest absolute Gasteiger partial charge is 0.0965 e. The van der Waals surface area contributed by atoms with Crippen LogP contribution in [0.4, 0.5) is 0 Å². The predicted octanol–water partition coefficient (Wildman–Crippen LogP) is 1.43. The maximum absolute atomic E-state index is 6.95. The van der Waals surface area contributed by atoms with E-state index in [-0.39, 0.29) is 11.4 Å². The van der Waals surface area contributed by atoms with Crippen LogP contribution in [-0.2, 0) is 0 Å². The highest BCUT2D eigenvalue weighted by molar-refractivity contribution is 6.63. The second-order valence-electron chi connectivity index (χ2n) is 1.26. The Labute approximate surface area is 57.9 Å². The summed E-state index contributed by atoms with van der Waals surface area (Å²) in [7, 11) is 0. The van der Waals surface area contributed by atoms with Crippen LogP contribution in [0.5, 0.6) is 0 Å². The molecule has 48 valence electrons. The van der Waals surface area contributed by atoms with E-state index in [4.69, 9.17) is 27.8 Å². The fraction of sp³-hybridized carbons (Fsp3) is 0. The summed E-state index contributed by atoms with van der Waals surface area (Å²) in [4.78, 5) is 0. The number of rotatable bonds is 3. The van der Waals surface area contributed by atoms with Crippen molar-refractivity contribution in [2.45, 2.75) is 0 Å². The van der Waals surface area contributed by atoms with E-state index >= 15 is 0 Å². The van der Waals surface area contributed by atoms with E-state index in [1.807, 2.05) is 0 Å². The van der Waals surface area contributed by atoms with E-state index in [2.05, 4.69) is 0 Å². The van der Waals surface area contributed by atoms with Crippen molar-refractivity contribution in [3.8, 4) is 0 Å². The third-order valence-corrected chi connectivity index (χ3v) is 0.790. The minimum atomic E-state index is -0.146. The molecule has 0 bridgehead atoms. The van der Waals surface area contributed by atoms with Crippen LogP contribution in [0, 0.1) is 16.2 Å². The molecule has 0 radical (unpaired) electrons. The molecule has 0 rings (SSSR count). The molecule has 0 fully saturated rings. The molecule has 0 spiro atoms. The fourth-order valence-electron chi connectivity index (χ4n) is 0.231. The van der Waals surface area contributed by atoms with E-state index in [1.165, 1.54) is 6.08 Å². The average Bonchev–Trinajstić information content (AvgIpc) is 1.87. The molecule has 9 heavy (non-hydrogen) atoms. The van der Waals surface area contributed by atoms with Gasteiger partial charge in [-0.25, -0.2) is 0 Å². The number of hydrogen-bond acceptors (Lipinski definition) is 3. The third kappa shape index (κ3) is 2.77. The first-order valence-electron chi connectivity index (χ1n) is 2.17. The van der Waals surface area contributed by atoms with Crippen LogP contribution < -0.4 is 0 Å². The zero-order chi connectivity index (χ0) is 7.28. The summed E-state index contributed by atoms with van der Waals surface area (Å²) in [6.07, 6.45) is 2.04. The average molecular weight is 144 g/mol. The zero-order valence-electron chi connectivity index (χ0n) is 4.61. The Morgan fingerprint density at radius 3 is 2.11 bits per heavy atom. The molecule has 3 nitrogen and oxygen atoms in total. The van der Waals surface area contributed by atoms with E-state index in [0.717, 1.165) is 11.7 Å². The van der Waals surface area contributed by atoms with Gasteiger partial charge in [0.05, 0.1) is 11.4 Å². The molecule has 0 aromatic rings. The number of allylic oxidation sites excluding steroid dienone is 1. The molecule has 0 unspecified atom stereocenters. The minimum Gasteiger partial charge on any atom is -0.306 e. The lowest BCUT2D eigenvalue weighted by atomic mass is 10.2. The van der Waals surface area contributed by atoms with E-state index in [0.29, 0.717) is 0 Å². The van der Waals surface area contributed by atoms with Gasteiger partial charge in [0, 0.05) is 11.7 Å². The second-order valence-corrected chi connectivity index (χ2v) is 1.52. The Balaban J connectivity index is 4.04. The Bertz CT molecular complexity index is 171. The van der Waals surface area contributed by atoms with Gasteiger partial charge in [-0.05, 0) is 6.08 Å². The topological polar surface area (TPSA) is 71.6 Å². The maximum atomic E-state index is 6.95. The largest absolute Gasteiger partial charge is 0.306 e. The summed E-state index contributed by atoms with van der Waals surface area (Å²) in [6, 6.07) is 0. The van der Waals surface area contributed by atoms with Crippen LogP contribution in [0.2, 0.25) is 0 Å². The zero-order valence-corrected chi connectivity index (χ0v) is 5.37. The third-order valence-electron chi connectivity index (χ3n) is 0.664. The van der Waals surface area contributed by atoms with Gasteiger partial charge >= 0.3 is 0 Å². The summed E-state index contributed by atoms with van der Waals surface area (Å²) in [5.74, 6) is 0. The van der Waals surface area contributed by atoms with Crippen molar-refractivity contribution >= 4 is 29.2 Å². The van der Waals surface area contributed by atoms with Crippen LogP contribution in [0.1, 0.15) is 0 Å². The molecule has 0 aromatic heterocycles. The van der Waals surface area contributed by atoms with Gasteiger partial charge in [-0.15, -0.1) is 0 Å². The highest BCUT2D eigenvalue weighted by Gasteiger charge is 1.93. The second kappa shape index (κ2) is 3.97. The van der Waals surface area contributed by atoms with Gasteiger partial charge in [0.25, 0.3) is 0 Å². The standard InChI is InChI=1S/C5H6ClN3/c6-2-1-4(8)5(9)3-7/h1-3,7-9H/b2-1+,7-3?,8-4?,9-5?. The number of nitrogens with one attached hydrogen (secondary N) is 3. The van der Waals surface area contributed by atoms with Crippen molar-refractivity contribution in [2.24, 2.45) is 0 Å². The van der Waals surface area contributed by atoms with Gasteiger partial charge in [-0.3, -0.25) is 10.8 Å². The van der Waals surface area contributed by atoms with E-state index in [1.54, 1.807) is 0 Å². The molecule has 0 atom stereocenters. The predicted molar refractivity (Wildman–Crippen MR) is 39.2 cm³/mol. The first kappa shape index (κ1) is 8.04. The van der Waals surface area contributed by atoms with Crippen molar-refractivity contribution in [1.29, 1.82) is 16.2 Å². The van der Waals surface area contributed by atoms with Crippen LogP contribution in [0.25, 0.3) is 0 Å². The highest BCUT2D eigenvalue weighted by atomic mass is 35.5. The van der Waals surface area contributed by atoms with Gasteiger partial charge in [-0.1, -0.05) is 11.6 Å². The summed E-state index contributed by atoms with van der Waals surface area (Å²) in [5, 5.41) is 20.4. The SMILES string of the molecule is N=CC(=N)C(=N)/C=C/Cl. The van der Waals surface area contributed by atoms with Crippen molar-refractivity contribution < 1.29 is 0 Å². The van der Waals surface area contributed by atoms with Gasteiger partial charge in [0.15, 0.2) is 0 Å². The van der Waals surface area contributed by atoms with E-state index in [9.17, 15) is 0 Å². The Morgan fingerprint density at radius 2 is 1.78 bits per heavy atom. The molecule has 4 heteroatoms. The molecule has 0 amide bonds. The van der Waals surface area contributed by atoms with Gasteiger partial charge in [0.2, 0.25) is 0 Å². The lowest BCUT2D eigenvalue weighted by Gasteiger charge is -1.88. The molecule has 0 aliphatic carbocycles. The first-order valence-corrected chi connectivity index (χ1v) is 2.60. The molecule has 0 aliphatic heterocycles. The van der Waals surface area contributed by atoms with Crippen LogP contribution in [-0.4, -0.2) is 17.6 Å². The van der Waals surface area contributed by atoms with Crippen molar-refractivity contribution in [1.82, 2.24) is 0 Å². The first-order chi connectivity index (χ1) is 4.22. The monoisotopic (exact) mass is 143 g/mol. The lowest BCUT2D eigenvalue weighted by Crippen LogP contribution is -2.08. The van der Waals surface area contributed by atoms with E-state index < -0.39 is 0 Å². The van der Waals surface area contributed by atoms with Crippen molar-refractivity contribution in [2.75, 3.05) is 0 Å². The molecule has 0 saturated carbocycles. The molecular formula is C5H6ClN3. The minimum absolute atomic E-state index is 0.0556. The van der Waals surface area contributed by atoms with Crippen molar-refractivity contribution in [3.63, 3.8) is 0 Å². The Hall–Kier alpha value is -0.960. The van der Waals surface area contributed by atoms with Crippen LogP contribution in [0.15, 0.2) is 11.6 Å². The quantitative estimate of drug-likeness (QED) is 0.500. The maximum Gasteiger partial charge on any atom is 0.0965 e. The summed E-state index contributed by atoms with van der Waals surface area (Å²) in [5.41, 5.74) is 0.937. The fourth-order valence-corrected chi connectivity index (χ4v) is 0.357. The molecule has 0 heterocycles. The van der Waals surface area contributed by atoms with Gasteiger partial charge in [-0.2, -0.15) is 0 Å². The molecule has 3 N–H and O–H groups in total. The highest BCUT2D eigenvalue weighted by Crippen LogP contribution is 1.82. The van der Waals surface area contributed by atoms with Crippen LogP contribution in [0.3, 0.4) is 0 Å². The molecular weight excluding hydrogens is 138 g/mol. The molecule has 0 aromatic carbocycles. The van der Waals surface area contributed by atoms with Crippen molar-refractivity contribution in [3.05, 3.63) is 11.6 Å². The lowest BCUT2D eigenvalue weighted by molar-refractivity contribution is 1.50. The number of hydrogen-bond donors (Lipinski definition) is 3. The molecule has 0 aliphatic rings. The summed E-state index contributed by atoms with van der Waals surface area (Å²) >= 11 is 5.10. The van der Waals surface area contributed by atoms with Crippen LogP contribution >= 0.6 is 11.6 Å². The molecule has 0 saturated heterocycles. The number of halogens is 1.